The Labute approximate surface area is 77.3 Å². The maximum atomic E-state index is 5.26. The molecule has 0 aliphatic carbocycles. The van der Waals surface area contributed by atoms with Crippen molar-refractivity contribution >= 4 is 5.82 Å². The van der Waals surface area contributed by atoms with Crippen LogP contribution in [0.1, 0.15) is 12.8 Å². The first-order chi connectivity index (χ1) is 6.45. The molecule has 1 N–H and O–H groups in total. The monoisotopic (exact) mass is 179 g/mol. The molecule has 1 aliphatic rings. The van der Waals surface area contributed by atoms with Gasteiger partial charge in [-0.05, 0) is 25.0 Å². The lowest BCUT2D eigenvalue weighted by atomic mass is 10.1. The lowest BCUT2D eigenvalue weighted by molar-refractivity contribution is 0.0903. The van der Waals surface area contributed by atoms with E-state index >= 15 is 0 Å². The predicted octanol–water partition coefficient (Wildman–Crippen LogP) is 1.07. The van der Waals surface area contributed by atoms with Gasteiger partial charge in [-0.1, -0.05) is 0 Å². The van der Waals surface area contributed by atoms with Crippen molar-refractivity contribution in [3.8, 4) is 0 Å². The zero-order valence-electron chi connectivity index (χ0n) is 7.44. The highest BCUT2D eigenvalue weighted by atomic mass is 16.5. The van der Waals surface area contributed by atoms with Gasteiger partial charge in [-0.2, -0.15) is 5.10 Å². The summed E-state index contributed by atoms with van der Waals surface area (Å²) in [6.07, 6.45) is 3.78. The third kappa shape index (κ3) is 2.39. The van der Waals surface area contributed by atoms with Crippen molar-refractivity contribution in [3.63, 3.8) is 0 Å². The Morgan fingerprint density at radius 3 is 2.92 bits per heavy atom. The fourth-order valence-electron chi connectivity index (χ4n) is 1.43. The number of hydrogen-bond donors (Lipinski definition) is 1. The predicted molar refractivity (Wildman–Crippen MR) is 49.5 cm³/mol. The van der Waals surface area contributed by atoms with E-state index in [2.05, 4.69) is 15.5 Å². The summed E-state index contributed by atoms with van der Waals surface area (Å²) < 4.78 is 5.26. The van der Waals surface area contributed by atoms with Gasteiger partial charge in [0.1, 0.15) is 5.82 Å². The molecule has 2 heterocycles. The van der Waals surface area contributed by atoms with Crippen molar-refractivity contribution in [2.24, 2.45) is 0 Å². The molecule has 0 atom stereocenters. The summed E-state index contributed by atoms with van der Waals surface area (Å²) in [5, 5.41) is 11.1. The van der Waals surface area contributed by atoms with Gasteiger partial charge in [0.25, 0.3) is 0 Å². The molecule has 1 aromatic heterocycles. The maximum absolute atomic E-state index is 5.26. The first-order valence-corrected chi connectivity index (χ1v) is 4.57. The van der Waals surface area contributed by atoms with E-state index in [0.29, 0.717) is 6.04 Å². The van der Waals surface area contributed by atoms with Crippen LogP contribution in [0.4, 0.5) is 5.82 Å². The van der Waals surface area contributed by atoms with Crippen molar-refractivity contribution in [1.82, 2.24) is 10.2 Å². The Kier molecular flexibility index (Phi) is 2.72. The third-order valence-corrected chi connectivity index (χ3v) is 2.15. The first kappa shape index (κ1) is 8.44. The fraction of sp³-hybridized carbons (Fsp3) is 0.556. The molecular weight excluding hydrogens is 166 g/mol. The summed E-state index contributed by atoms with van der Waals surface area (Å²) in [6.45, 7) is 1.69. The van der Waals surface area contributed by atoms with Gasteiger partial charge in [0, 0.05) is 25.5 Å². The van der Waals surface area contributed by atoms with Gasteiger partial charge < -0.3 is 10.1 Å². The Balaban J connectivity index is 1.90. The molecule has 1 saturated heterocycles. The third-order valence-electron chi connectivity index (χ3n) is 2.15. The van der Waals surface area contributed by atoms with Gasteiger partial charge in [-0.25, -0.2) is 0 Å². The van der Waals surface area contributed by atoms with E-state index in [-0.39, 0.29) is 0 Å². The molecule has 1 aromatic rings. The van der Waals surface area contributed by atoms with Crippen LogP contribution < -0.4 is 5.32 Å². The Hall–Kier alpha value is -1.16. The second kappa shape index (κ2) is 4.18. The van der Waals surface area contributed by atoms with Crippen LogP contribution in [0.2, 0.25) is 0 Å². The van der Waals surface area contributed by atoms with E-state index in [9.17, 15) is 0 Å². The number of ether oxygens (including phenoxy) is 1. The molecule has 0 amide bonds. The van der Waals surface area contributed by atoms with E-state index in [1.54, 1.807) is 6.20 Å². The average molecular weight is 179 g/mol. The van der Waals surface area contributed by atoms with Crippen molar-refractivity contribution in [2.75, 3.05) is 18.5 Å². The molecule has 1 fully saturated rings. The number of anilines is 1. The van der Waals surface area contributed by atoms with Crippen LogP contribution in [0.15, 0.2) is 18.3 Å². The van der Waals surface area contributed by atoms with Crippen LogP contribution in [0, 0.1) is 0 Å². The number of hydrogen-bond acceptors (Lipinski definition) is 4. The van der Waals surface area contributed by atoms with E-state index in [1.165, 1.54) is 0 Å². The number of rotatable bonds is 2. The fourth-order valence-corrected chi connectivity index (χ4v) is 1.43. The number of nitrogens with zero attached hydrogens (tertiary/aromatic N) is 2. The molecule has 0 unspecified atom stereocenters. The normalized spacial score (nSPS) is 18.5. The topological polar surface area (TPSA) is 47.0 Å². The van der Waals surface area contributed by atoms with Crippen LogP contribution in [0.25, 0.3) is 0 Å². The molecule has 0 bridgehead atoms. The first-order valence-electron chi connectivity index (χ1n) is 4.57. The van der Waals surface area contributed by atoms with Crippen molar-refractivity contribution in [2.45, 2.75) is 18.9 Å². The van der Waals surface area contributed by atoms with Crippen LogP contribution >= 0.6 is 0 Å². The molecule has 0 aromatic carbocycles. The summed E-state index contributed by atoms with van der Waals surface area (Å²) in [6, 6.07) is 4.31. The van der Waals surface area contributed by atoms with Gasteiger partial charge in [0.05, 0.1) is 0 Å². The molecule has 0 spiro atoms. The van der Waals surface area contributed by atoms with Crippen molar-refractivity contribution < 1.29 is 4.74 Å². The molecular formula is C9H13N3O. The van der Waals surface area contributed by atoms with Crippen molar-refractivity contribution in [1.29, 1.82) is 0 Å². The minimum Gasteiger partial charge on any atom is -0.381 e. The van der Waals surface area contributed by atoms with Crippen molar-refractivity contribution in [3.05, 3.63) is 18.3 Å². The SMILES string of the molecule is c1cnnc(NC2CCOCC2)c1. The highest BCUT2D eigenvalue weighted by molar-refractivity contribution is 5.32. The number of aromatic nitrogens is 2. The van der Waals surface area contributed by atoms with Crippen LogP contribution in [-0.2, 0) is 4.74 Å². The van der Waals surface area contributed by atoms with Gasteiger partial charge >= 0.3 is 0 Å². The van der Waals surface area contributed by atoms with E-state index in [0.717, 1.165) is 31.9 Å². The highest BCUT2D eigenvalue weighted by Gasteiger charge is 2.13. The quantitative estimate of drug-likeness (QED) is 0.737. The minimum absolute atomic E-state index is 0.491. The molecule has 13 heavy (non-hydrogen) atoms. The zero-order chi connectivity index (χ0) is 8.93. The zero-order valence-corrected chi connectivity index (χ0v) is 7.44. The van der Waals surface area contributed by atoms with E-state index in [1.807, 2.05) is 12.1 Å². The second-order valence-corrected chi connectivity index (χ2v) is 3.14. The molecule has 4 heteroatoms. The Bertz CT molecular complexity index is 246. The Morgan fingerprint density at radius 1 is 1.38 bits per heavy atom. The van der Waals surface area contributed by atoms with Gasteiger partial charge in [0.15, 0.2) is 0 Å². The molecule has 70 valence electrons. The summed E-state index contributed by atoms with van der Waals surface area (Å²) in [5.41, 5.74) is 0. The lowest BCUT2D eigenvalue weighted by Gasteiger charge is -2.23. The van der Waals surface area contributed by atoms with Gasteiger partial charge in [-0.15, -0.1) is 5.10 Å². The van der Waals surface area contributed by atoms with Crippen LogP contribution in [0.3, 0.4) is 0 Å². The molecule has 0 radical (unpaired) electrons. The average Bonchev–Trinajstić information content (AvgIpc) is 2.21. The lowest BCUT2D eigenvalue weighted by Crippen LogP contribution is -2.28. The molecule has 2 rings (SSSR count). The maximum Gasteiger partial charge on any atom is 0.148 e. The molecule has 1 aliphatic heterocycles. The summed E-state index contributed by atoms with van der Waals surface area (Å²) in [7, 11) is 0. The standard InChI is InChI=1S/C9H13N3O/c1-2-9(12-10-5-1)11-8-3-6-13-7-4-8/h1-2,5,8H,3-4,6-7H2,(H,11,12). The smallest absolute Gasteiger partial charge is 0.148 e. The minimum atomic E-state index is 0.491. The largest absolute Gasteiger partial charge is 0.381 e. The molecule has 4 nitrogen and oxygen atoms in total. The number of nitrogens with one attached hydrogen (secondary N) is 1. The van der Waals surface area contributed by atoms with Gasteiger partial charge in [-0.3, -0.25) is 0 Å². The van der Waals surface area contributed by atoms with Gasteiger partial charge in [0.2, 0.25) is 0 Å². The van der Waals surface area contributed by atoms with E-state index < -0.39 is 0 Å². The van der Waals surface area contributed by atoms with Crippen LogP contribution in [-0.4, -0.2) is 29.5 Å². The second-order valence-electron chi connectivity index (χ2n) is 3.14. The highest BCUT2D eigenvalue weighted by Crippen LogP contribution is 2.11. The summed E-state index contributed by atoms with van der Waals surface area (Å²) in [5.74, 6) is 0.856. The van der Waals surface area contributed by atoms with Crippen LogP contribution in [0.5, 0.6) is 0 Å². The van der Waals surface area contributed by atoms with E-state index in [4.69, 9.17) is 4.74 Å². The molecule has 0 saturated carbocycles. The summed E-state index contributed by atoms with van der Waals surface area (Å²) >= 11 is 0. The summed E-state index contributed by atoms with van der Waals surface area (Å²) in [4.78, 5) is 0. The Morgan fingerprint density at radius 2 is 2.23 bits per heavy atom.